The Kier molecular flexibility index (Phi) is 4.90. The fourth-order valence-corrected chi connectivity index (χ4v) is 3.84. The highest BCUT2D eigenvalue weighted by Crippen LogP contribution is 2.27. The van der Waals surface area contributed by atoms with Crippen molar-refractivity contribution in [1.82, 2.24) is 19.9 Å². The molecule has 1 aliphatic heterocycles. The van der Waals surface area contributed by atoms with Crippen LogP contribution in [-0.4, -0.2) is 51.5 Å². The second kappa shape index (κ2) is 7.50. The van der Waals surface area contributed by atoms with E-state index in [0.29, 0.717) is 11.9 Å². The number of nitrogens with one attached hydrogen (secondary N) is 1. The van der Waals surface area contributed by atoms with Gasteiger partial charge in [-0.1, -0.05) is 32.0 Å². The van der Waals surface area contributed by atoms with Gasteiger partial charge in [0.2, 0.25) is 0 Å². The van der Waals surface area contributed by atoms with E-state index >= 15 is 0 Å². The van der Waals surface area contributed by atoms with E-state index in [4.69, 9.17) is 10.7 Å². The molecule has 28 heavy (non-hydrogen) atoms. The molecule has 0 aliphatic carbocycles. The second-order valence-electron chi connectivity index (χ2n) is 7.64. The normalized spacial score (nSPS) is 18.3. The summed E-state index contributed by atoms with van der Waals surface area (Å²) in [5.74, 6) is 1.99. The molecule has 7 heteroatoms. The number of aromatic amines is 1. The predicted octanol–water partition coefficient (Wildman–Crippen LogP) is 3.06. The number of aliphatic imine (C=N–C) groups is 1. The van der Waals surface area contributed by atoms with Gasteiger partial charge in [-0.05, 0) is 30.5 Å². The van der Waals surface area contributed by atoms with Gasteiger partial charge in [-0.3, -0.25) is 0 Å². The summed E-state index contributed by atoms with van der Waals surface area (Å²) in [6.07, 6.45) is 3.53. The summed E-state index contributed by atoms with van der Waals surface area (Å²) in [7, 11) is 0. The first-order valence-corrected chi connectivity index (χ1v) is 9.74. The molecule has 1 aromatic carbocycles. The first-order chi connectivity index (χ1) is 13.5. The van der Waals surface area contributed by atoms with Gasteiger partial charge in [-0.25, -0.2) is 15.0 Å². The monoisotopic (exact) mass is 377 g/mol. The van der Waals surface area contributed by atoms with E-state index in [9.17, 15) is 0 Å². The van der Waals surface area contributed by atoms with Crippen molar-refractivity contribution in [3.63, 3.8) is 0 Å². The molecule has 0 bridgehead atoms. The van der Waals surface area contributed by atoms with Crippen molar-refractivity contribution in [2.75, 3.05) is 24.5 Å². The Hall–Kier alpha value is -3.09. The number of aryl methyl sites for hydroxylation is 1. The number of hydrogen-bond donors (Lipinski definition) is 2. The van der Waals surface area contributed by atoms with Gasteiger partial charge in [-0.15, -0.1) is 0 Å². The van der Waals surface area contributed by atoms with E-state index in [1.165, 1.54) is 0 Å². The molecule has 0 spiro atoms. The minimum absolute atomic E-state index is 0.255. The summed E-state index contributed by atoms with van der Waals surface area (Å²) in [6, 6.07) is 10.4. The molecule has 3 heterocycles. The van der Waals surface area contributed by atoms with Crippen LogP contribution in [0.25, 0.3) is 11.0 Å². The van der Waals surface area contributed by atoms with Crippen molar-refractivity contribution in [2.24, 2.45) is 16.6 Å². The fraction of sp³-hybridized carbons (Fsp3) is 0.381. The van der Waals surface area contributed by atoms with Crippen LogP contribution in [0.2, 0.25) is 0 Å². The number of anilines is 1. The molecule has 2 aromatic heterocycles. The first kappa shape index (κ1) is 18.3. The summed E-state index contributed by atoms with van der Waals surface area (Å²) >= 11 is 0. The maximum Gasteiger partial charge on any atom is 0.196 e. The minimum atomic E-state index is 0.255. The summed E-state index contributed by atoms with van der Waals surface area (Å²) in [6.45, 7) is 9.01. The first-order valence-electron chi connectivity index (χ1n) is 9.74. The molecule has 1 aliphatic rings. The van der Waals surface area contributed by atoms with Gasteiger partial charge < -0.3 is 20.5 Å². The van der Waals surface area contributed by atoms with Gasteiger partial charge in [0.15, 0.2) is 5.96 Å². The van der Waals surface area contributed by atoms with Gasteiger partial charge in [0.05, 0.1) is 17.1 Å². The van der Waals surface area contributed by atoms with Crippen LogP contribution in [0.4, 0.5) is 11.5 Å². The summed E-state index contributed by atoms with van der Waals surface area (Å²) < 4.78 is 0. The second-order valence-corrected chi connectivity index (χ2v) is 7.64. The average molecular weight is 377 g/mol. The molecule has 3 N–H and O–H groups in total. The number of nitrogens with zero attached hydrogens (tertiary/aromatic N) is 5. The van der Waals surface area contributed by atoms with Crippen LogP contribution in [-0.2, 0) is 0 Å². The Morgan fingerprint density at radius 2 is 2.04 bits per heavy atom. The third-order valence-electron chi connectivity index (χ3n) is 5.47. The van der Waals surface area contributed by atoms with Crippen LogP contribution in [0, 0.1) is 12.8 Å². The third-order valence-corrected chi connectivity index (χ3v) is 5.47. The molecule has 7 nitrogen and oxygen atoms in total. The number of para-hydroxylation sites is 1. The number of nitrogens with two attached hydrogens (primary N) is 1. The lowest BCUT2D eigenvalue weighted by molar-refractivity contribution is 0.222. The Labute approximate surface area is 165 Å². The minimum Gasteiger partial charge on any atom is -0.369 e. The molecule has 146 valence electrons. The largest absolute Gasteiger partial charge is 0.369 e. The maximum atomic E-state index is 6.46. The number of rotatable bonds is 3. The molecule has 1 atom stereocenters. The SMILES string of the molecule is Cc1ccccc1N=C(N)N1CCN(c2ncnc3[nH]ccc23)CC1C(C)C. The summed E-state index contributed by atoms with van der Waals surface area (Å²) in [4.78, 5) is 21.3. The van der Waals surface area contributed by atoms with E-state index in [1.807, 2.05) is 30.5 Å². The number of aromatic nitrogens is 3. The van der Waals surface area contributed by atoms with Crippen LogP contribution in [0.3, 0.4) is 0 Å². The van der Waals surface area contributed by atoms with Gasteiger partial charge in [0, 0.05) is 25.8 Å². The third kappa shape index (κ3) is 3.40. The van der Waals surface area contributed by atoms with Crippen molar-refractivity contribution in [2.45, 2.75) is 26.8 Å². The van der Waals surface area contributed by atoms with Crippen molar-refractivity contribution in [1.29, 1.82) is 0 Å². The standard InChI is InChI=1S/C21H27N7/c1-14(2)18-12-27(20-16-8-9-23-19(16)24-13-25-20)10-11-28(18)21(22)26-17-7-5-4-6-15(17)3/h4-9,13-14,18H,10-12H2,1-3H3,(H2,22,26)(H,23,24,25). The van der Waals surface area contributed by atoms with Crippen molar-refractivity contribution in [3.8, 4) is 0 Å². The Morgan fingerprint density at radius 1 is 1.21 bits per heavy atom. The number of hydrogen-bond acceptors (Lipinski definition) is 4. The molecular weight excluding hydrogens is 350 g/mol. The van der Waals surface area contributed by atoms with E-state index in [1.54, 1.807) is 6.33 Å². The van der Waals surface area contributed by atoms with E-state index in [-0.39, 0.29) is 6.04 Å². The van der Waals surface area contributed by atoms with Crippen molar-refractivity contribution < 1.29 is 0 Å². The highest BCUT2D eigenvalue weighted by Gasteiger charge is 2.32. The molecule has 1 unspecified atom stereocenters. The van der Waals surface area contributed by atoms with Crippen molar-refractivity contribution >= 4 is 28.5 Å². The molecule has 1 saturated heterocycles. The predicted molar refractivity (Wildman–Crippen MR) is 114 cm³/mol. The van der Waals surface area contributed by atoms with Gasteiger partial charge >= 0.3 is 0 Å². The van der Waals surface area contributed by atoms with E-state index in [2.05, 4.69) is 51.6 Å². The van der Waals surface area contributed by atoms with Gasteiger partial charge in [0.25, 0.3) is 0 Å². The molecule has 0 radical (unpaired) electrons. The van der Waals surface area contributed by atoms with Crippen LogP contribution in [0.15, 0.2) is 47.8 Å². The van der Waals surface area contributed by atoms with Gasteiger partial charge in [-0.2, -0.15) is 0 Å². The van der Waals surface area contributed by atoms with Crippen LogP contribution >= 0.6 is 0 Å². The zero-order valence-corrected chi connectivity index (χ0v) is 16.6. The average Bonchev–Trinajstić information content (AvgIpc) is 3.18. The molecule has 0 saturated carbocycles. The molecule has 4 rings (SSSR count). The Balaban J connectivity index is 1.60. The lowest BCUT2D eigenvalue weighted by atomic mass is 9.99. The van der Waals surface area contributed by atoms with Gasteiger partial charge in [0.1, 0.15) is 17.8 Å². The van der Waals surface area contributed by atoms with Crippen LogP contribution in [0.1, 0.15) is 19.4 Å². The summed E-state index contributed by atoms with van der Waals surface area (Å²) in [5.41, 5.74) is 9.38. The fourth-order valence-electron chi connectivity index (χ4n) is 3.84. The lowest BCUT2D eigenvalue weighted by Crippen LogP contribution is -2.59. The molecule has 0 amide bonds. The topological polar surface area (TPSA) is 86.4 Å². The number of H-pyrrole nitrogens is 1. The van der Waals surface area contributed by atoms with Crippen molar-refractivity contribution in [3.05, 3.63) is 48.4 Å². The zero-order chi connectivity index (χ0) is 19.7. The number of benzene rings is 1. The molecule has 3 aromatic rings. The highest BCUT2D eigenvalue weighted by atomic mass is 15.4. The summed E-state index contributed by atoms with van der Waals surface area (Å²) in [5, 5.41) is 1.06. The number of guanidine groups is 1. The smallest absolute Gasteiger partial charge is 0.196 e. The molecular formula is C21H27N7. The Bertz CT molecular complexity index is 991. The number of piperazine rings is 1. The lowest BCUT2D eigenvalue weighted by Gasteiger charge is -2.44. The maximum absolute atomic E-state index is 6.46. The van der Waals surface area contributed by atoms with Crippen LogP contribution < -0.4 is 10.6 Å². The molecule has 1 fully saturated rings. The number of fused-ring (bicyclic) bond motifs is 1. The Morgan fingerprint density at radius 3 is 2.82 bits per heavy atom. The quantitative estimate of drug-likeness (QED) is 0.541. The zero-order valence-electron chi connectivity index (χ0n) is 16.6. The van der Waals surface area contributed by atoms with E-state index in [0.717, 1.165) is 47.7 Å². The highest BCUT2D eigenvalue weighted by molar-refractivity contribution is 5.87. The van der Waals surface area contributed by atoms with E-state index < -0.39 is 0 Å². The van der Waals surface area contributed by atoms with Crippen LogP contribution in [0.5, 0.6) is 0 Å².